The minimum atomic E-state index is -0.0482. The van der Waals surface area contributed by atoms with Crippen molar-refractivity contribution in [2.75, 3.05) is 31.6 Å². The Morgan fingerprint density at radius 2 is 2.10 bits per heavy atom. The molecule has 0 fully saturated rings. The lowest BCUT2D eigenvalue weighted by Gasteiger charge is -2.37. The molecule has 1 aromatic rings. The van der Waals surface area contributed by atoms with E-state index in [0.717, 1.165) is 26.1 Å². The Labute approximate surface area is 123 Å². The van der Waals surface area contributed by atoms with Crippen molar-refractivity contribution in [3.63, 3.8) is 0 Å². The summed E-state index contributed by atoms with van der Waals surface area (Å²) in [7, 11) is 1.80. The molecule has 0 radical (unpaired) electrons. The quantitative estimate of drug-likeness (QED) is 0.862. The summed E-state index contributed by atoms with van der Waals surface area (Å²) in [6.45, 7) is 9.69. The highest BCUT2D eigenvalue weighted by molar-refractivity contribution is 5.57. The Bertz CT molecular complexity index is 431. The molecule has 0 aliphatic carbocycles. The van der Waals surface area contributed by atoms with Crippen LogP contribution in [-0.2, 0) is 4.74 Å². The van der Waals surface area contributed by atoms with Gasteiger partial charge in [-0.1, -0.05) is 25.1 Å². The van der Waals surface area contributed by atoms with E-state index in [4.69, 9.17) is 4.74 Å². The van der Waals surface area contributed by atoms with Gasteiger partial charge in [-0.2, -0.15) is 0 Å². The van der Waals surface area contributed by atoms with Crippen LogP contribution < -0.4 is 10.2 Å². The molecule has 112 valence electrons. The van der Waals surface area contributed by atoms with Crippen molar-refractivity contribution >= 4 is 5.69 Å². The van der Waals surface area contributed by atoms with Gasteiger partial charge in [0, 0.05) is 31.9 Å². The number of fused-ring (bicyclic) bond motifs is 1. The van der Waals surface area contributed by atoms with Crippen LogP contribution in [0.3, 0.4) is 0 Å². The standard InChI is InChI=1S/C17H28N2O/c1-5-18-15-10-12-19(13-11-17(2,3)20-4)16-9-7-6-8-14(15)16/h6-9,15,18H,5,10-13H2,1-4H3. The number of rotatable bonds is 6. The van der Waals surface area contributed by atoms with Crippen molar-refractivity contribution in [1.29, 1.82) is 0 Å². The molecule has 1 unspecified atom stereocenters. The number of ether oxygens (including phenoxy) is 1. The third kappa shape index (κ3) is 3.53. The normalized spacial score (nSPS) is 19.0. The first-order valence-corrected chi connectivity index (χ1v) is 7.70. The zero-order valence-corrected chi connectivity index (χ0v) is 13.3. The van der Waals surface area contributed by atoms with Gasteiger partial charge in [-0.05, 0) is 44.9 Å². The molecule has 1 aliphatic heterocycles. The molecule has 2 rings (SSSR count). The number of hydrogen-bond acceptors (Lipinski definition) is 3. The van der Waals surface area contributed by atoms with E-state index in [-0.39, 0.29) is 5.60 Å². The summed E-state index contributed by atoms with van der Waals surface area (Å²) < 4.78 is 5.54. The van der Waals surface area contributed by atoms with Crippen molar-refractivity contribution in [2.45, 2.75) is 45.3 Å². The van der Waals surface area contributed by atoms with Crippen LogP contribution in [0.4, 0.5) is 5.69 Å². The molecule has 1 heterocycles. The molecule has 20 heavy (non-hydrogen) atoms. The number of nitrogens with one attached hydrogen (secondary N) is 1. The number of nitrogens with zero attached hydrogens (tertiary/aromatic N) is 1. The third-order valence-corrected chi connectivity index (χ3v) is 4.33. The van der Waals surface area contributed by atoms with E-state index >= 15 is 0 Å². The predicted molar refractivity (Wildman–Crippen MR) is 85.4 cm³/mol. The highest BCUT2D eigenvalue weighted by Crippen LogP contribution is 2.34. The maximum absolute atomic E-state index is 5.54. The molecule has 0 bridgehead atoms. The summed E-state index contributed by atoms with van der Waals surface area (Å²) in [5.74, 6) is 0. The highest BCUT2D eigenvalue weighted by Gasteiger charge is 2.25. The second-order valence-electron chi connectivity index (χ2n) is 6.16. The lowest BCUT2D eigenvalue weighted by Crippen LogP contribution is -2.38. The Hall–Kier alpha value is -1.06. The summed E-state index contributed by atoms with van der Waals surface area (Å²) in [6.07, 6.45) is 2.22. The number of hydrogen-bond donors (Lipinski definition) is 1. The number of anilines is 1. The molecular formula is C17H28N2O. The van der Waals surface area contributed by atoms with Gasteiger partial charge in [-0.25, -0.2) is 0 Å². The molecule has 0 saturated heterocycles. The van der Waals surface area contributed by atoms with Gasteiger partial charge in [0.2, 0.25) is 0 Å². The molecule has 1 aromatic carbocycles. The van der Waals surface area contributed by atoms with Crippen LogP contribution in [0.15, 0.2) is 24.3 Å². The van der Waals surface area contributed by atoms with Crippen molar-refractivity contribution in [2.24, 2.45) is 0 Å². The van der Waals surface area contributed by atoms with Gasteiger partial charge in [0.1, 0.15) is 0 Å². The fraction of sp³-hybridized carbons (Fsp3) is 0.647. The zero-order valence-electron chi connectivity index (χ0n) is 13.3. The van der Waals surface area contributed by atoms with Crippen LogP contribution in [0.25, 0.3) is 0 Å². The molecule has 0 amide bonds. The first kappa shape index (κ1) is 15.3. The Balaban J connectivity index is 2.11. The van der Waals surface area contributed by atoms with E-state index < -0.39 is 0 Å². The Kier molecular flexibility index (Phi) is 5.06. The molecule has 0 aromatic heterocycles. The average molecular weight is 276 g/mol. The molecule has 1 aliphatic rings. The topological polar surface area (TPSA) is 24.5 Å². The summed E-state index contributed by atoms with van der Waals surface area (Å²) in [4.78, 5) is 2.50. The van der Waals surface area contributed by atoms with Crippen LogP contribution in [0.2, 0.25) is 0 Å². The Morgan fingerprint density at radius 3 is 2.80 bits per heavy atom. The van der Waals surface area contributed by atoms with Gasteiger partial charge in [0.15, 0.2) is 0 Å². The predicted octanol–water partition coefficient (Wildman–Crippen LogP) is 3.36. The highest BCUT2D eigenvalue weighted by atomic mass is 16.5. The van der Waals surface area contributed by atoms with Crippen molar-refractivity contribution < 1.29 is 4.74 Å². The molecule has 3 nitrogen and oxygen atoms in total. The van der Waals surface area contributed by atoms with Crippen LogP contribution in [0.5, 0.6) is 0 Å². The minimum Gasteiger partial charge on any atom is -0.379 e. The van der Waals surface area contributed by atoms with Gasteiger partial charge in [-0.15, -0.1) is 0 Å². The first-order valence-electron chi connectivity index (χ1n) is 7.70. The minimum absolute atomic E-state index is 0.0482. The summed E-state index contributed by atoms with van der Waals surface area (Å²) in [5.41, 5.74) is 2.78. The molecule has 0 spiro atoms. The lowest BCUT2D eigenvalue weighted by atomic mass is 9.95. The van der Waals surface area contributed by atoms with E-state index in [2.05, 4.69) is 55.3 Å². The molecule has 1 atom stereocenters. The second-order valence-corrected chi connectivity index (χ2v) is 6.16. The van der Waals surface area contributed by atoms with Crippen molar-refractivity contribution in [3.8, 4) is 0 Å². The van der Waals surface area contributed by atoms with Gasteiger partial charge in [0.25, 0.3) is 0 Å². The van der Waals surface area contributed by atoms with Crippen LogP contribution in [0, 0.1) is 0 Å². The van der Waals surface area contributed by atoms with Crippen LogP contribution in [-0.4, -0.2) is 32.3 Å². The zero-order chi connectivity index (χ0) is 14.6. The Morgan fingerprint density at radius 1 is 1.35 bits per heavy atom. The molecule has 1 N–H and O–H groups in total. The maximum Gasteiger partial charge on any atom is 0.0639 e. The van der Waals surface area contributed by atoms with Crippen LogP contribution >= 0.6 is 0 Å². The second kappa shape index (κ2) is 6.59. The number of benzene rings is 1. The van der Waals surface area contributed by atoms with Crippen molar-refractivity contribution in [3.05, 3.63) is 29.8 Å². The number of para-hydroxylation sites is 1. The first-order chi connectivity index (χ1) is 9.57. The molecule has 0 saturated carbocycles. The van der Waals surface area contributed by atoms with E-state index in [0.29, 0.717) is 6.04 Å². The maximum atomic E-state index is 5.54. The third-order valence-electron chi connectivity index (χ3n) is 4.33. The van der Waals surface area contributed by atoms with Gasteiger partial charge in [-0.3, -0.25) is 0 Å². The van der Waals surface area contributed by atoms with Crippen molar-refractivity contribution in [1.82, 2.24) is 5.32 Å². The van der Waals surface area contributed by atoms with E-state index in [9.17, 15) is 0 Å². The monoisotopic (exact) mass is 276 g/mol. The smallest absolute Gasteiger partial charge is 0.0639 e. The van der Waals surface area contributed by atoms with E-state index in [1.54, 1.807) is 7.11 Å². The van der Waals surface area contributed by atoms with Crippen LogP contribution in [0.1, 0.15) is 45.2 Å². The fourth-order valence-electron chi connectivity index (χ4n) is 2.83. The summed E-state index contributed by atoms with van der Waals surface area (Å²) in [5, 5.41) is 3.59. The lowest BCUT2D eigenvalue weighted by molar-refractivity contribution is 0.0171. The summed E-state index contributed by atoms with van der Waals surface area (Å²) >= 11 is 0. The van der Waals surface area contributed by atoms with Gasteiger partial charge < -0.3 is 15.0 Å². The van der Waals surface area contributed by atoms with E-state index in [1.807, 2.05) is 0 Å². The SMILES string of the molecule is CCNC1CCN(CCC(C)(C)OC)c2ccccc21. The molecule has 3 heteroatoms. The average Bonchev–Trinajstić information content (AvgIpc) is 2.47. The van der Waals surface area contributed by atoms with Gasteiger partial charge >= 0.3 is 0 Å². The number of methoxy groups -OCH3 is 1. The fourth-order valence-corrected chi connectivity index (χ4v) is 2.83. The summed E-state index contributed by atoms with van der Waals surface area (Å²) in [6, 6.07) is 9.30. The largest absolute Gasteiger partial charge is 0.379 e. The van der Waals surface area contributed by atoms with E-state index in [1.165, 1.54) is 17.7 Å². The van der Waals surface area contributed by atoms with Gasteiger partial charge in [0.05, 0.1) is 5.60 Å². The molecular weight excluding hydrogens is 248 g/mol.